The standard InChI is InChI=1S/C14H24N2OS/c1-9-4-10(2)6-11(5-9)14(16-15)13-7-12(17-3)8-18-13/h7-11,14,16H,4-6,15H2,1-3H3. The number of nitrogens with one attached hydrogen (secondary N) is 1. The van der Waals surface area contributed by atoms with E-state index >= 15 is 0 Å². The third-order valence-electron chi connectivity index (χ3n) is 4.00. The predicted molar refractivity (Wildman–Crippen MR) is 76.6 cm³/mol. The highest BCUT2D eigenvalue weighted by Crippen LogP contribution is 2.41. The van der Waals surface area contributed by atoms with E-state index in [1.165, 1.54) is 24.1 Å². The summed E-state index contributed by atoms with van der Waals surface area (Å²) in [6.45, 7) is 4.70. The van der Waals surface area contributed by atoms with E-state index in [0.29, 0.717) is 5.92 Å². The van der Waals surface area contributed by atoms with Crippen LogP contribution in [0.3, 0.4) is 0 Å². The van der Waals surface area contributed by atoms with Gasteiger partial charge in [-0.3, -0.25) is 11.3 Å². The van der Waals surface area contributed by atoms with Crippen LogP contribution in [-0.2, 0) is 0 Å². The van der Waals surface area contributed by atoms with Crippen LogP contribution in [0.4, 0.5) is 0 Å². The van der Waals surface area contributed by atoms with Crippen LogP contribution in [-0.4, -0.2) is 7.11 Å². The Hall–Kier alpha value is -0.580. The van der Waals surface area contributed by atoms with Crippen molar-refractivity contribution in [3.63, 3.8) is 0 Å². The van der Waals surface area contributed by atoms with Crippen molar-refractivity contribution in [3.05, 3.63) is 16.3 Å². The predicted octanol–water partition coefficient (Wildman–Crippen LogP) is 3.33. The Morgan fingerprint density at radius 3 is 2.50 bits per heavy atom. The van der Waals surface area contributed by atoms with Gasteiger partial charge in [0.1, 0.15) is 5.75 Å². The number of hydrogen-bond acceptors (Lipinski definition) is 4. The Balaban J connectivity index is 2.12. The number of hydrazine groups is 1. The van der Waals surface area contributed by atoms with Gasteiger partial charge in [0.25, 0.3) is 0 Å². The van der Waals surface area contributed by atoms with Crippen molar-refractivity contribution in [3.8, 4) is 5.75 Å². The molecule has 3 unspecified atom stereocenters. The summed E-state index contributed by atoms with van der Waals surface area (Å²) in [6.07, 6.45) is 3.88. The van der Waals surface area contributed by atoms with Crippen molar-refractivity contribution in [2.24, 2.45) is 23.6 Å². The van der Waals surface area contributed by atoms with Crippen molar-refractivity contribution in [1.82, 2.24) is 5.43 Å². The summed E-state index contributed by atoms with van der Waals surface area (Å²) < 4.78 is 5.26. The molecule has 3 atom stereocenters. The molecule has 1 saturated carbocycles. The number of methoxy groups -OCH3 is 1. The minimum atomic E-state index is 0.268. The molecule has 1 aromatic heterocycles. The third-order valence-corrected chi connectivity index (χ3v) is 5.00. The van der Waals surface area contributed by atoms with E-state index in [0.717, 1.165) is 17.6 Å². The first-order chi connectivity index (χ1) is 8.63. The zero-order valence-corrected chi connectivity index (χ0v) is 12.3. The maximum atomic E-state index is 5.79. The second kappa shape index (κ2) is 6.04. The molecule has 18 heavy (non-hydrogen) atoms. The van der Waals surface area contributed by atoms with Crippen molar-refractivity contribution in [2.75, 3.05) is 7.11 Å². The summed E-state index contributed by atoms with van der Waals surface area (Å²) in [5, 5.41) is 2.05. The van der Waals surface area contributed by atoms with Crippen LogP contribution in [0.25, 0.3) is 0 Å². The highest BCUT2D eigenvalue weighted by atomic mass is 32.1. The quantitative estimate of drug-likeness (QED) is 0.650. The van der Waals surface area contributed by atoms with Gasteiger partial charge in [-0.25, -0.2) is 0 Å². The van der Waals surface area contributed by atoms with Gasteiger partial charge in [0.15, 0.2) is 0 Å². The first-order valence-corrected chi connectivity index (χ1v) is 7.60. The van der Waals surface area contributed by atoms with E-state index in [2.05, 4.69) is 30.7 Å². The van der Waals surface area contributed by atoms with Crippen molar-refractivity contribution in [1.29, 1.82) is 0 Å². The number of nitrogens with two attached hydrogens (primary N) is 1. The topological polar surface area (TPSA) is 47.3 Å². The van der Waals surface area contributed by atoms with Crippen molar-refractivity contribution < 1.29 is 4.74 Å². The zero-order valence-electron chi connectivity index (χ0n) is 11.5. The number of thiophene rings is 1. The molecule has 0 spiro atoms. The average Bonchev–Trinajstić information content (AvgIpc) is 2.77. The van der Waals surface area contributed by atoms with Gasteiger partial charge in [0.2, 0.25) is 0 Å². The molecule has 1 aliphatic rings. The largest absolute Gasteiger partial charge is 0.496 e. The number of ether oxygens (including phenoxy) is 1. The van der Waals surface area contributed by atoms with Gasteiger partial charge in [-0.1, -0.05) is 13.8 Å². The van der Waals surface area contributed by atoms with Crippen LogP contribution >= 0.6 is 11.3 Å². The zero-order chi connectivity index (χ0) is 13.1. The molecule has 0 aliphatic heterocycles. The van der Waals surface area contributed by atoms with E-state index in [-0.39, 0.29) is 6.04 Å². The molecule has 102 valence electrons. The number of hydrogen-bond donors (Lipinski definition) is 2. The number of rotatable bonds is 4. The normalized spacial score (nSPS) is 30.1. The highest BCUT2D eigenvalue weighted by molar-refractivity contribution is 7.10. The average molecular weight is 268 g/mol. The van der Waals surface area contributed by atoms with E-state index in [9.17, 15) is 0 Å². The van der Waals surface area contributed by atoms with Gasteiger partial charge in [-0.2, -0.15) is 0 Å². The molecule has 0 saturated heterocycles. The molecule has 1 heterocycles. The minimum absolute atomic E-state index is 0.268. The Morgan fingerprint density at radius 1 is 1.33 bits per heavy atom. The molecule has 0 bridgehead atoms. The Kier molecular flexibility index (Phi) is 4.65. The molecule has 0 radical (unpaired) electrons. The lowest BCUT2D eigenvalue weighted by Crippen LogP contribution is -2.36. The molecule has 2 rings (SSSR count). The second-order valence-electron chi connectivity index (χ2n) is 5.71. The van der Waals surface area contributed by atoms with Crippen LogP contribution < -0.4 is 16.0 Å². The van der Waals surface area contributed by atoms with Gasteiger partial charge in [-0.05, 0) is 43.1 Å². The fourth-order valence-electron chi connectivity index (χ4n) is 3.34. The summed E-state index contributed by atoms with van der Waals surface area (Å²) in [6, 6.07) is 2.38. The van der Waals surface area contributed by atoms with Crippen molar-refractivity contribution in [2.45, 2.75) is 39.2 Å². The molecule has 0 amide bonds. The third kappa shape index (κ3) is 3.05. The SMILES string of the molecule is COc1csc(C(NN)C2CC(C)CC(C)C2)c1. The van der Waals surface area contributed by atoms with Crippen LogP contribution in [0.5, 0.6) is 5.75 Å². The molecule has 3 N–H and O–H groups in total. The van der Waals surface area contributed by atoms with Gasteiger partial charge in [0.05, 0.1) is 13.2 Å². The van der Waals surface area contributed by atoms with Gasteiger partial charge in [0, 0.05) is 10.3 Å². The summed E-state index contributed by atoms with van der Waals surface area (Å²) in [4.78, 5) is 1.29. The van der Waals surface area contributed by atoms with Gasteiger partial charge < -0.3 is 4.74 Å². The lowest BCUT2D eigenvalue weighted by Gasteiger charge is -2.35. The molecule has 1 aliphatic carbocycles. The molecular weight excluding hydrogens is 244 g/mol. The van der Waals surface area contributed by atoms with E-state index in [1.54, 1.807) is 18.4 Å². The maximum absolute atomic E-state index is 5.79. The fourth-order valence-corrected chi connectivity index (χ4v) is 4.34. The van der Waals surface area contributed by atoms with Crippen LogP contribution in [0, 0.1) is 17.8 Å². The van der Waals surface area contributed by atoms with E-state index in [1.807, 2.05) is 0 Å². The lowest BCUT2D eigenvalue weighted by atomic mass is 9.73. The summed E-state index contributed by atoms with van der Waals surface area (Å²) >= 11 is 1.74. The monoisotopic (exact) mass is 268 g/mol. The van der Waals surface area contributed by atoms with E-state index < -0.39 is 0 Å². The molecular formula is C14H24N2OS. The Morgan fingerprint density at radius 2 is 2.00 bits per heavy atom. The molecule has 1 fully saturated rings. The smallest absolute Gasteiger partial charge is 0.129 e. The Bertz CT molecular complexity index is 370. The second-order valence-corrected chi connectivity index (χ2v) is 6.65. The molecule has 1 aromatic rings. The van der Waals surface area contributed by atoms with Crippen molar-refractivity contribution >= 4 is 11.3 Å². The molecule has 4 heteroatoms. The summed E-state index contributed by atoms with van der Waals surface area (Å²) in [7, 11) is 1.71. The highest BCUT2D eigenvalue weighted by Gasteiger charge is 2.31. The molecule has 0 aromatic carbocycles. The van der Waals surface area contributed by atoms with E-state index in [4.69, 9.17) is 10.6 Å². The van der Waals surface area contributed by atoms with Crippen LogP contribution in [0.1, 0.15) is 44.0 Å². The minimum Gasteiger partial charge on any atom is -0.496 e. The van der Waals surface area contributed by atoms with Gasteiger partial charge in [-0.15, -0.1) is 11.3 Å². The first kappa shape index (κ1) is 13.8. The fraction of sp³-hybridized carbons (Fsp3) is 0.714. The lowest BCUT2D eigenvalue weighted by molar-refractivity contribution is 0.178. The molecule has 3 nitrogen and oxygen atoms in total. The van der Waals surface area contributed by atoms with Crippen LogP contribution in [0.15, 0.2) is 11.4 Å². The summed E-state index contributed by atoms with van der Waals surface area (Å²) in [5.41, 5.74) is 3.02. The Labute approximate surface area is 114 Å². The summed E-state index contributed by atoms with van der Waals surface area (Å²) in [5.74, 6) is 8.97. The van der Waals surface area contributed by atoms with Gasteiger partial charge >= 0.3 is 0 Å². The maximum Gasteiger partial charge on any atom is 0.129 e. The first-order valence-electron chi connectivity index (χ1n) is 6.72. The van der Waals surface area contributed by atoms with Crippen LogP contribution in [0.2, 0.25) is 0 Å².